The Morgan fingerprint density at radius 2 is 1.04 bits per heavy atom. The number of carboxylic acid groups (broad SMARTS) is 1. The van der Waals surface area contributed by atoms with Gasteiger partial charge in [-0.3, -0.25) is 18.6 Å². The van der Waals surface area contributed by atoms with Gasteiger partial charge in [-0.2, -0.15) is 0 Å². The molecule has 0 rings (SSSR count). The molecule has 0 saturated carbocycles. The van der Waals surface area contributed by atoms with Crippen LogP contribution in [-0.2, 0) is 32.7 Å². The van der Waals surface area contributed by atoms with Crippen LogP contribution in [0.4, 0.5) is 0 Å². The van der Waals surface area contributed by atoms with Gasteiger partial charge in [0.25, 0.3) is 0 Å². The quantitative estimate of drug-likeness (QED) is 0.0237. The molecule has 11 heteroatoms. The van der Waals surface area contributed by atoms with Gasteiger partial charge in [0.15, 0.2) is 0 Å². The molecule has 0 heterocycles. The molecule has 0 aromatic carbocycles. The second kappa shape index (κ2) is 38.5. The lowest BCUT2D eigenvalue weighted by Gasteiger charge is -2.20. The van der Waals surface area contributed by atoms with E-state index in [1.165, 1.54) is 83.5 Å². The van der Waals surface area contributed by atoms with Gasteiger partial charge < -0.3 is 25.2 Å². The number of esters is 1. The maximum atomic E-state index is 12.6. The van der Waals surface area contributed by atoms with E-state index in [0.717, 1.165) is 70.6 Å². The van der Waals surface area contributed by atoms with Crippen LogP contribution in [0.15, 0.2) is 36.5 Å². The van der Waals surface area contributed by atoms with Crippen molar-refractivity contribution in [1.29, 1.82) is 0 Å². The van der Waals surface area contributed by atoms with Crippen LogP contribution in [0.25, 0.3) is 0 Å². The standard InChI is InChI=1S/C42H78NO9P/c1-3-5-7-9-11-13-15-17-18-19-20-21-22-23-25-27-29-31-33-35-49-36-39(37-50-53(47,48)51-38-40(43)42(45)46)52-41(44)34-32-30-28-26-24-16-14-12-10-8-6-4-2/h12-15,18-19,39-40H,3-11,16-17,20-38,43H2,1-2H3,(H,45,46)(H,47,48)/b14-12-,15-13-,19-18-. The number of phosphoric acid groups is 1. The molecule has 0 aromatic heterocycles. The Labute approximate surface area is 323 Å². The normalized spacial score (nSPS) is 14.3. The molecule has 3 atom stereocenters. The Hall–Kier alpha value is -1.81. The minimum Gasteiger partial charge on any atom is -0.480 e. The minimum atomic E-state index is -4.62. The van der Waals surface area contributed by atoms with Crippen molar-refractivity contribution in [3.8, 4) is 0 Å². The van der Waals surface area contributed by atoms with Gasteiger partial charge in [-0.05, 0) is 70.6 Å². The number of carbonyl (C=O) groups is 2. The molecule has 0 bridgehead atoms. The lowest BCUT2D eigenvalue weighted by molar-refractivity contribution is -0.154. The molecule has 0 amide bonds. The zero-order chi connectivity index (χ0) is 39.1. The third-order valence-corrected chi connectivity index (χ3v) is 9.84. The highest BCUT2D eigenvalue weighted by atomic mass is 31.2. The number of ether oxygens (including phenoxy) is 2. The average molecular weight is 772 g/mol. The van der Waals surface area contributed by atoms with Gasteiger partial charge in [0.2, 0.25) is 0 Å². The Kier molecular flexibility index (Phi) is 37.2. The van der Waals surface area contributed by atoms with Gasteiger partial charge >= 0.3 is 19.8 Å². The number of carboxylic acids is 1. The molecular formula is C42H78NO9P. The fraction of sp³-hybridized carbons (Fsp3) is 0.810. The average Bonchev–Trinajstić information content (AvgIpc) is 3.13. The molecule has 10 nitrogen and oxygen atoms in total. The van der Waals surface area contributed by atoms with Gasteiger partial charge in [0.1, 0.15) is 12.1 Å². The van der Waals surface area contributed by atoms with E-state index in [1.54, 1.807) is 0 Å². The van der Waals surface area contributed by atoms with Crippen molar-refractivity contribution < 1.29 is 42.7 Å². The van der Waals surface area contributed by atoms with Crippen molar-refractivity contribution >= 4 is 19.8 Å². The first-order chi connectivity index (χ1) is 25.7. The number of phosphoric ester groups is 1. The predicted molar refractivity (Wildman–Crippen MR) is 217 cm³/mol. The minimum absolute atomic E-state index is 0.0100. The zero-order valence-corrected chi connectivity index (χ0v) is 34.5. The first-order valence-corrected chi connectivity index (χ1v) is 22.5. The number of rotatable bonds is 40. The topological polar surface area (TPSA) is 155 Å². The maximum Gasteiger partial charge on any atom is 0.472 e. The Morgan fingerprint density at radius 3 is 1.58 bits per heavy atom. The highest BCUT2D eigenvalue weighted by Gasteiger charge is 2.27. The molecule has 0 radical (unpaired) electrons. The van der Waals surface area contributed by atoms with Crippen LogP contribution in [0.3, 0.4) is 0 Å². The maximum absolute atomic E-state index is 12.6. The van der Waals surface area contributed by atoms with E-state index in [0.29, 0.717) is 13.0 Å². The molecule has 310 valence electrons. The number of hydrogen-bond donors (Lipinski definition) is 3. The fourth-order valence-corrected chi connectivity index (χ4v) is 6.35. The second-order valence-corrected chi connectivity index (χ2v) is 15.6. The molecule has 0 aliphatic heterocycles. The first kappa shape index (κ1) is 51.2. The van der Waals surface area contributed by atoms with Gasteiger partial charge in [0, 0.05) is 13.0 Å². The van der Waals surface area contributed by atoms with Crippen LogP contribution in [0.1, 0.15) is 181 Å². The highest BCUT2D eigenvalue weighted by Crippen LogP contribution is 2.43. The molecule has 0 fully saturated rings. The van der Waals surface area contributed by atoms with Crippen molar-refractivity contribution in [3.05, 3.63) is 36.5 Å². The number of allylic oxidation sites excluding steroid dienone is 6. The number of nitrogens with two attached hydrogens (primary N) is 1. The van der Waals surface area contributed by atoms with Gasteiger partial charge in [-0.15, -0.1) is 0 Å². The van der Waals surface area contributed by atoms with Crippen molar-refractivity contribution in [2.45, 2.75) is 193 Å². The highest BCUT2D eigenvalue weighted by molar-refractivity contribution is 7.47. The largest absolute Gasteiger partial charge is 0.480 e. The Morgan fingerprint density at radius 1 is 0.604 bits per heavy atom. The van der Waals surface area contributed by atoms with Crippen LogP contribution in [-0.4, -0.2) is 60.5 Å². The van der Waals surface area contributed by atoms with Crippen LogP contribution < -0.4 is 5.73 Å². The van der Waals surface area contributed by atoms with Crippen LogP contribution in [0.2, 0.25) is 0 Å². The molecular weight excluding hydrogens is 693 g/mol. The van der Waals surface area contributed by atoms with E-state index in [2.05, 4.69) is 50.3 Å². The third kappa shape index (κ3) is 38.3. The van der Waals surface area contributed by atoms with E-state index in [1.807, 2.05) is 0 Å². The Balaban J connectivity index is 4.24. The first-order valence-electron chi connectivity index (χ1n) is 21.0. The summed E-state index contributed by atoms with van der Waals surface area (Å²) in [5.74, 6) is -1.79. The summed E-state index contributed by atoms with van der Waals surface area (Å²) >= 11 is 0. The molecule has 53 heavy (non-hydrogen) atoms. The summed E-state index contributed by atoms with van der Waals surface area (Å²) < 4.78 is 33.3. The fourth-order valence-electron chi connectivity index (χ4n) is 5.57. The third-order valence-electron chi connectivity index (χ3n) is 8.89. The lowest BCUT2D eigenvalue weighted by atomic mass is 10.1. The predicted octanol–water partition coefficient (Wildman–Crippen LogP) is 11.3. The van der Waals surface area contributed by atoms with Crippen LogP contribution >= 0.6 is 7.82 Å². The van der Waals surface area contributed by atoms with Gasteiger partial charge in [-0.25, -0.2) is 4.57 Å². The molecule has 0 aromatic rings. The summed E-state index contributed by atoms with van der Waals surface area (Å²) in [4.78, 5) is 33.4. The van der Waals surface area contributed by atoms with Crippen LogP contribution in [0, 0.1) is 0 Å². The molecule has 0 aliphatic rings. The molecule has 3 unspecified atom stereocenters. The van der Waals surface area contributed by atoms with E-state index >= 15 is 0 Å². The van der Waals surface area contributed by atoms with Gasteiger partial charge in [0.05, 0.1) is 19.8 Å². The summed E-state index contributed by atoms with van der Waals surface area (Å²) in [5, 5.41) is 8.88. The number of unbranched alkanes of at least 4 members (excludes halogenated alkanes) is 20. The SMILES string of the molecule is CCCCC/C=C\CCCCCCCC(=O)OC(COCCCCCCCCCC/C=C\C/C=C\CCCCCC)COP(=O)(O)OCC(N)C(=O)O. The van der Waals surface area contributed by atoms with E-state index in [9.17, 15) is 19.0 Å². The molecule has 0 aliphatic carbocycles. The van der Waals surface area contributed by atoms with Crippen LogP contribution in [0.5, 0.6) is 0 Å². The van der Waals surface area contributed by atoms with Crippen molar-refractivity contribution in [3.63, 3.8) is 0 Å². The van der Waals surface area contributed by atoms with E-state index in [4.69, 9.17) is 29.4 Å². The lowest BCUT2D eigenvalue weighted by Crippen LogP contribution is -2.34. The van der Waals surface area contributed by atoms with Crippen molar-refractivity contribution in [2.75, 3.05) is 26.4 Å². The summed E-state index contributed by atoms with van der Waals surface area (Å²) in [7, 11) is -4.62. The summed E-state index contributed by atoms with van der Waals surface area (Å²) in [6.45, 7) is 3.81. The number of carbonyl (C=O) groups excluding carboxylic acids is 1. The Bertz CT molecular complexity index is 988. The molecule has 0 spiro atoms. The zero-order valence-electron chi connectivity index (χ0n) is 33.6. The number of aliphatic carboxylic acids is 1. The monoisotopic (exact) mass is 772 g/mol. The smallest absolute Gasteiger partial charge is 0.472 e. The second-order valence-electron chi connectivity index (χ2n) is 14.1. The van der Waals surface area contributed by atoms with Crippen molar-refractivity contribution in [1.82, 2.24) is 0 Å². The summed E-state index contributed by atoms with van der Waals surface area (Å²) in [6, 6.07) is -1.47. The van der Waals surface area contributed by atoms with E-state index in [-0.39, 0.29) is 13.0 Å². The van der Waals surface area contributed by atoms with Gasteiger partial charge in [-0.1, -0.05) is 140 Å². The molecule has 4 N–H and O–H groups in total. The molecule has 0 saturated heterocycles. The number of hydrogen-bond acceptors (Lipinski definition) is 8. The van der Waals surface area contributed by atoms with Crippen molar-refractivity contribution in [2.24, 2.45) is 5.73 Å². The van der Waals surface area contributed by atoms with E-state index < -0.39 is 45.1 Å². The summed E-state index contributed by atoms with van der Waals surface area (Å²) in [5.41, 5.74) is 5.34. The summed E-state index contributed by atoms with van der Waals surface area (Å²) in [6.07, 6.45) is 41.9.